The van der Waals surface area contributed by atoms with Crippen LogP contribution in [0.4, 0.5) is 15.8 Å². The van der Waals surface area contributed by atoms with Gasteiger partial charge in [0, 0.05) is 26.2 Å². The molecule has 0 aliphatic carbocycles. The number of carbonyl (C=O) groups excluding carboxylic acids is 1. The Kier molecular flexibility index (Phi) is 4.49. The van der Waals surface area contributed by atoms with Gasteiger partial charge in [0.05, 0.1) is 20.9 Å². The van der Waals surface area contributed by atoms with Crippen LogP contribution in [0.5, 0.6) is 0 Å². The van der Waals surface area contributed by atoms with Crippen molar-refractivity contribution in [2.24, 2.45) is 5.92 Å². The van der Waals surface area contributed by atoms with E-state index < -0.39 is 0 Å². The summed E-state index contributed by atoms with van der Waals surface area (Å²) in [6.45, 7) is 1.39. The van der Waals surface area contributed by atoms with Gasteiger partial charge >= 0.3 is 0 Å². The van der Waals surface area contributed by atoms with Gasteiger partial charge in [-0.2, -0.15) is 0 Å². The number of benzene rings is 1. The third-order valence-corrected chi connectivity index (χ3v) is 4.28. The van der Waals surface area contributed by atoms with Crippen molar-refractivity contribution in [1.29, 1.82) is 0 Å². The fourth-order valence-corrected chi connectivity index (χ4v) is 2.93. The van der Waals surface area contributed by atoms with Crippen LogP contribution in [0.3, 0.4) is 0 Å². The number of hydrogen-bond acceptors (Lipinski definition) is 3. The number of amides is 1. The summed E-state index contributed by atoms with van der Waals surface area (Å²) in [7, 11) is 1.64. The summed E-state index contributed by atoms with van der Waals surface area (Å²) >= 11 is 1.92. The Hall–Kier alpha value is -1.05. The van der Waals surface area contributed by atoms with Crippen LogP contribution in [0, 0.1) is 15.3 Å². The van der Waals surface area contributed by atoms with Crippen LogP contribution in [-0.2, 0) is 4.79 Å². The molecule has 0 spiro atoms. The van der Waals surface area contributed by atoms with Crippen molar-refractivity contribution in [1.82, 2.24) is 5.32 Å². The Balaban J connectivity index is 2.22. The summed E-state index contributed by atoms with van der Waals surface area (Å²) in [5.74, 6) is -0.290. The molecule has 4 nitrogen and oxygen atoms in total. The minimum absolute atomic E-state index is 0.0363. The minimum atomic E-state index is -0.271. The number of carbonyl (C=O) groups is 1. The van der Waals surface area contributed by atoms with Crippen molar-refractivity contribution in [3.05, 3.63) is 21.5 Å². The Morgan fingerprint density at radius 1 is 1.58 bits per heavy atom. The molecule has 104 valence electrons. The topological polar surface area (TPSA) is 58.4 Å². The fourth-order valence-electron chi connectivity index (χ4n) is 2.44. The van der Waals surface area contributed by atoms with Crippen molar-refractivity contribution in [2.45, 2.75) is 12.8 Å². The molecule has 1 heterocycles. The van der Waals surface area contributed by atoms with E-state index in [1.54, 1.807) is 13.1 Å². The van der Waals surface area contributed by atoms with E-state index in [9.17, 15) is 9.18 Å². The zero-order valence-electron chi connectivity index (χ0n) is 10.7. The van der Waals surface area contributed by atoms with Crippen molar-refractivity contribution >= 4 is 39.9 Å². The number of nitrogens with zero attached hydrogens (tertiary/aromatic N) is 1. The number of hydrogen-bond donors (Lipinski definition) is 2. The molecule has 3 N–H and O–H groups in total. The molecule has 0 radical (unpaired) electrons. The second-order valence-corrected chi connectivity index (χ2v) is 5.89. The summed E-state index contributed by atoms with van der Waals surface area (Å²) in [5, 5.41) is 2.67. The highest BCUT2D eigenvalue weighted by Crippen LogP contribution is 2.31. The van der Waals surface area contributed by atoms with Crippen molar-refractivity contribution in [3.63, 3.8) is 0 Å². The molecular formula is C13H17FIN3O. The zero-order chi connectivity index (χ0) is 14.0. The van der Waals surface area contributed by atoms with Crippen LogP contribution >= 0.6 is 22.6 Å². The van der Waals surface area contributed by atoms with Gasteiger partial charge in [-0.1, -0.05) is 0 Å². The summed E-state index contributed by atoms with van der Waals surface area (Å²) in [6.07, 6.45) is 1.77. The molecule has 1 saturated heterocycles. The predicted octanol–water partition coefficient (Wildman–Crippen LogP) is 1.97. The molecule has 1 fully saturated rings. The molecule has 0 saturated carbocycles. The number of anilines is 2. The smallest absolute Gasteiger partial charge is 0.224 e. The predicted molar refractivity (Wildman–Crippen MR) is 82.5 cm³/mol. The van der Waals surface area contributed by atoms with Gasteiger partial charge in [-0.3, -0.25) is 4.79 Å². The Labute approximate surface area is 125 Å². The summed E-state index contributed by atoms with van der Waals surface area (Å²) in [5.41, 5.74) is 7.21. The number of nitrogens with two attached hydrogens (primary N) is 1. The maximum atomic E-state index is 13.7. The molecule has 1 aliphatic heterocycles. The SMILES string of the molecule is CNC(=O)C1CCCN(c2cc(F)c(I)cc2N)C1. The van der Waals surface area contributed by atoms with E-state index in [0.717, 1.165) is 19.4 Å². The van der Waals surface area contributed by atoms with Gasteiger partial charge in [-0.15, -0.1) is 0 Å². The van der Waals surface area contributed by atoms with Crippen molar-refractivity contribution in [3.8, 4) is 0 Å². The van der Waals surface area contributed by atoms with Gasteiger partial charge in [-0.05, 0) is 41.5 Å². The van der Waals surface area contributed by atoms with E-state index >= 15 is 0 Å². The van der Waals surface area contributed by atoms with E-state index in [2.05, 4.69) is 5.32 Å². The summed E-state index contributed by atoms with van der Waals surface area (Å²) < 4.78 is 14.2. The fraction of sp³-hybridized carbons (Fsp3) is 0.462. The lowest BCUT2D eigenvalue weighted by Crippen LogP contribution is -2.42. The van der Waals surface area contributed by atoms with E-state index in [4.69, 9.17) is 5.73 Å². The monoisotopic (exact) mass is 377 g/mol. The highest BCUT2D eigenvalue weighted by atomic mass is 127. The molecule has 1 aliphatic rings. The first-order valence-corrected chi connectivity index (χ1v) is 7.32. The third kappa shape index (κ3) is 3.10. The molecule has 1 unspecified atom stereocenters. The summed E-state index contributed by atoms with van der Waals surface area (Å²) in [6, 6.07) is 3.10. The lowest BCUT2D eigenvalue weighted by atomic mass is 9.96. The molecule has 19 heavy (non-hydrogen) atoms. The normalized spacial score (nSPS) is 19.3. The quantitative estimate of drug-likeness (QED) is 0.612. The Bertz CT molecular complexity index is 495. The van der Waals surface area contributed by atoms with Crippen LogP contribution in [0.25, 0.3) is 0 Å². The van der Waals surface area contributed by atoms with E-state index in [0.29, 0.717) is 21.5 Å². The lowest BCUT2D eigenvalue weighted by molar-refractivity contribution is -0.124. The van der Waals surface area contributed by atoms with Crippen molar-refractivity contribution in [2.75, 3.05) is 30.8 Å². The maximum absolute atomic E-state index is 13.7. The number of nitrogens with one attached hydrogen (secondary N) is 1. The molecule has 2 rings (SSSR count). The molecular weight excluding hydrogens is 360 g/mol. The van der Waals surface area contributed by atoms with E-state index in [-0.39, 0.29) is 17.6 Å². The van der Waals surface area contributed by atoms with Gasteiger partial charge in [-0.25, -0.2) is 4.39 Å². The van der Waals surface area contributed by atoms with Gasteiger partial charge in [0.25, 0.3) is 0 Å². The molecule has 1 aromatic carbocycles. The van der Waals surface area contributed by atoms with E-state index in [1.807, 2.05) is 27.5 Å². The van der Waals surface area contributed by atoms with Crippen LogP contribution in [0.2, 0.25) is 0 Å². The van der Waals surface area contributed by atoms with E-state index in [1.165, 1.54) is 6.07 Å². The first-order valence-electron chi connectivity index (χ1n) is 6.24. The summed E-state index contributed by atoms with van der Waals surface area (Å²) in [4.78, 5) is 13.7. The zero-order valence-corrected chi connectivity index (χ0v) is 12.9. The Morgan fingerprint density at radius 2 is 2.32 bits per heavy atom. The average molecular weight is 377 g/mol. The number of rotatable bonds is 2. The van der Waals surface area contributed by atoms with Crippen LogP contribution in [-0.4, -0.2) is 26.0 Å². The largest absolute Gasteiger partial charge is 0.397 e. The molecule has 0 aromatic heterocycles. The van der Waals surface area contributed by atoms with Crippen molar-refractivity contribution < 1.29 is 9.18 Å². The van der Waals surface area contributed by atoms with Gasteiger partial charge in [0.1, 0.15) is 5.82 Å². The first-order chi connectivity index (χ1) is 9.02. The van der Waals surface area contributed by atoms with Crippen LogP contribution in [0.1, 0.15) is 12.8 Å². The second kappa shape index (κ2) is 5.94. The number of halogens is 2. The molecule has 6 heteroatoms. The second-order valence-electron chi connectivity index (χ2n) is 4.72. The van der Waals surface area contributed by atoms with Gasteiger partial charge in [0.15, 0.2) is 0 Å². The standard InChI is InChI=1S/C13H17FIN3O/c1-17-13(19)8-3-2-4-18(7-8)12-5-9(14)10(15)6-11(12)16/h5-6,8H,2-4,7,16H2,1H3,(H,17,19). The molecule has 1 amide bonds. The van der Waals surface area contributed by atoms with Crippen LogP contribution in [0.15, 0.2) is 12.1 Å². The third-order valence-electron chi connectivity index (χ3n) is 3.45. The number of piperidine rings is 1. The van der Waals surface area contributed by atoms with Gasteiger partial charge < -0.3 is 16.0 Å². The first kappa shape index (κ1) is 14.4. The average Bonchev–Trinajstić information content (AvgIpc) is 2.42. The highest BCUT2D eigenvalue weighted by Gasteiger charge is 2.26. The lowest BCUT2D eigenvalue weighted by Gasteiger charge is -2.34. The molecule has 0 bridgehead atoms. The van der Waals surface area contributed by atoms with Crippen LogP contribution < -0.4 is 16.0 Å². The minimum Gasteiger partial charge on any atom is -0.397 e. The highest BCUT2D eigenvalue weighted by molar-refractivity contribution is 14.1. The molecule has 1 atom stereocenters. The molecule has 1 aromatic rings. The van der Waals surface area contributed by atoms with Gasteiger partial charge in [0.2, 0.25) is 5.91 Å². The number of nitrogen functional groups attached to an aromatic ring is 1. The maximum Gasteiger partial charge on any atom is 0.224 e. The Morgan fingerprint density at radius 3 is 3.00 bits per heavy atom.